The Bertz CT molecular complexity index is 1770. The van der Waals surface area contributed by atoms with E-state index in [2.05, 4.69) is 15.3 Å². The molecular weight excluding hydrogens is 547 g/mol. The van der Waals surface area contributed by atoms with Crippen molar-refractivity contribution in [1.29, 1.82) is 0 Å². The second kappa shape index (κ2) is 9.95. The molecule has 4 aromatic rings. The van der Waals surface area contributed by atoms with Crippen LogP contribution < -0.4 is 10.2 Å². The molecule has 0 unspecified atom stereocenters. The first-order valence-electron chi connectivity index (χ1n) is 14.4. The highest BCUT2D eigenvalue weighted by molar-refractivity contribution is 5.79. The Kier molecular flexibility index (Phi) is 6.28. The van der Waals surface area contributed by atoms with Gasteiger partial charge in [0.25, 0.3) is 0 Å². The van der Waals surface area contributed by atoms with E-state index in [4.69, 9.17) is 4.74 Å². The van der Waals surface area contributed by atoms with Crippen molar-refractivity contribution in [1.82, 2.24) is 19.3 Å². The highest BCUT2D eigenvalue weighted by Crippen LogP contribution is 2.43. The largest absolute Gasteiger partial charge is 0.444 e. The van der Waals surface area contributed by atoms with Crippen molar-refractivity contribution in [2.45, 2.75) is 57.9 Å². The van der Waals surface area contributed by atoms with Crippen molar-refractivity contribution in [3.63, 3.8) is 0 Å². The molecule has 1 aromatic carbocycles. The number of nitrogens with one attached hydrogen (secondary N) is 1. The fraction of sp³-hybridized carbons (Fsp3) is 0.303. The average Bonchev–Trinajstić information content (AvgIpc) is 3.61. The van der Waals surface area contributed by atoms with Crippen LogP contribution in [-0.4, -0.2) is 41.7 Å². The molecule has 0 saturated heterocycles. The number of hydrogen-bond acceptors (Lipinski definition) is 7. The fourth-order valence-electron chi connectivity index (χ4n) is 5.70. The minimum Gasteiger partial charge on any atom is -0.444 e. The summed E-state index contributed by atoms with van der Waals surface area (Å²) in [5.74, 6) is 0.609. The number of pyridine rings is 2. The highest BCUT2D eigenvalue weighted by atomic mass is 19.1. The lowest BCUT2D eigenvalue weighted by molar-refractivity contribution is 0.0242. The van der Waals surface area contributed by atoms with Crippen LogP contribution in [0.15, 0.2) is 79.5 Å². The summed E-state index contributed by atoms with van der Waals surface area (Å²) in [7, 11) is 0. The number of ether oxygens (including phenoxy) is 1. The van der Waals surface area contributed by atoms with Gasteiger partial charge in [0.1, 0.15) is 28.5 Å². The molecule has 1 fully saturated rings. The summed E-state index contributed by atoms with van der Waals surface area (Å²) in [4.78, 5) is 25.8. The van der Waals surface area contributed by atoms with Gasteiger partial charge in [-0.15, -0.1) is 0 Å². The van der Waals surface area contributed by atoms with Crippen molar-refractivity contribution in [3.05, 3.63) is 96.5 Å². The minimum atomic E-state index is -0.857. The van der Waals surface area contributed by atoms with Gasteiger partial charge in [-0.25, -0.2) is 19.2 Å². The van der Waals surface area contributed by atoms with Crippen LogP contribution in [0.5, 0.6) is 0 Å². The van der Waals surface area contributed by atoms with Crippen LogP contribution in [0.4, 0.5) is 26.4 Å². The van der Waals surface area contributed by atoms with Gasteiger partial charge >= 0.3 is 6.09 Å². The zero-order valence-electron chi connectivity index (χ0n) is 24.3. The van der Waals surface area contributed by atoms with Gasteiger partial charge in [0.2, 0.25) is 0 Å². The summed E-state index contributed by atoms with van der Waals surface area (Å²) in [6.07, 6.45) is 14.3. The number of benzene rings is 1. The molecule has 2 N–H and O–H groups in total. The highest BCUT2D eigenvalue weighted by Gasteiger charge is 2.41. The first-order valence-corrected chi connectivity index (χ1v) is 14.4. The zero-order chi connectivity index (χ0) is 29.9. The maximum atomic E-state index is 13.9. The fourth-order valence-corrected chi connectivity index (χ4v) is 5.70. The number of imidazole rings is 1. The molecule has 5 heterocycles. The number of anilines is 3. The predicted molar refractivity (Wildman–Crippen MR) is 162 cm³/mol. The van der Waals surface area contributed by atoms with Gasteiger partial charge in [0, 0.05) is 41.5 Å². The van der Waals surface area contributed by atoms with Gasteiger partial charge in [-0.1, -0.05) is 6.07 Å². The van der Waals surface area contributed by atoms with E-state index in [1.165, 1.54) is 12.1 Å². The standard InChI is InChI=1S/C33H33FN6O3/c1-32(2,3)43-31(41)39-19-25-24(28-18-36-30-16-22(34)10-13-40(28)30)7-8-27(26(25)20-39)37-29-9-6-23(17-35-29)38-14-11-33(42,12-15-38)21-4-5-21/h6-18,21,42H,4-5,19-20H2,1-3H3,(H,35,37). The number of carbonyl (C=O) groups is 1. The summed E-state index contributed by atoms with van der Waals surface area (Å²) >= 11 is 0. The lowest BCUT2D eigenvalue weighted by Crippen LogP contribution is -2.33. The molecule has 7 rings (SSSR count). The zero-order valence-corrected chi connectivity index (χ0v) is 24.3. The van der Waals surface area contributed by atoms with Gasteiger partial charge in [0.05, 0.1) is 36.9 Å². The van der Waals surface area contributed by atoms with E-state index in [0.717, 1.165) is 46.6 Å². The van der Waals surface area contributed by atoms with Crippen molar-refractivity contribution in [3.8, 4) is 11.3 Å². The van der Waals surface area contributed by atoms with Gasteiger partial charge in [-0.05, 0) is 81.5 Å². The maximum Gasteiger partial charge on any atom is 0.410 e. The molecule has 1 aliphatic carbocycles. The second-order valence-corrected chi connectivity index (χ2v) is 12.4. The number of aliphatic hydroxyl groups is 1. The Morgan fingerprint density at radius 3 is 2.51 bits per heavy atom. The van der Waals surface area contributed by atoms with Gasteiger partial charge in [0.15, 0.2) is 0 Å². The Balaban J connectivity index is 1.18. The molecule has 43 heavy (non-hydrogen) atoms. The molecule has 3 aliphatic rings. The van der Waals surface area contributed by atoms with E-state index in [1.54, 1.807) is 23.5 Å². The Morgan fingerprint density at radius 2 is 1.81 bits per heavy atom. The number of hydrogen-bond donors (Lipinski definition) is 2. The Labute approximate surface area is 248 Å². The summed E-state index contributed by atoms with van der Waals surface area (Å²) in [6.45, 7) is 6.26. The molecule has 9 nitrogen and oxygen atoms in total. The normalized spacial score (nSPS) is 17.4. The number of aromatic nitrogens is 3. The molecule has 0 bridgehead atoms. The predicted octanol–water partition coefficient (Wildman–Crippen LogP) is 6.52. The molecule has 0 radical (unpaired) electrons. The third-order valence-electron chi connectivity index (χ3n) is 8.08. The number of carbonyl (C=O) groups excluding carboxylic acids is 1. The molecule has 1 amide bonds. The molecule has 10 heteroatoms. The molecular formula is C33H33FN6O3. The average molecular weight is 581 g/mol. The van der Waals surface area contributed by atoms with Gasteiger partial charge < -0.3 is 20.1 Å². The second-order valence-electron chi connectivity index (χ2n) is 12.4. The monoisotopic (exact) mass is 580 g/mol. The lowest BCUT2D eigenvalue weighted by Gasteiger charge is -2.28. The molecule has 1 saturated carbocycles. The summed E-state index contributed by atoms with van der Waals surface area (Å²) in [5.41, 5.74) is 4.36. The first kappa shape index (κ1) is 27.2. The number of nitrogens with zero attached hydrogens (tertiary/aromatic N) is 5. The summed E-state index contributed by atoms with van der Waals surface area (Å²) in [5, 5.41) is 14.2. The van der Waals surface area contributed by atoms with Crippen LogP contribution in [-0.2, 0) is 17.8 Å². The van der Waals surface area contributed by atoms with E-state index in [0.29, 0.717) is 30.5 Å². The van der Waals surface area contributed by atoms with E-state index in [1.807, 2.05) is 78.9 Å². The number of rotatable bonds is 5. The van der Waals surface area contributed by atoms with Crippen molar-refractivity contribution in [2.24, 2.45) is 5.92 Å². The maximum absolute atomic E-state index is 13.9. The van der Waals surface area contributed by atoms with E-state index in [9.17, 15) is 14.3 Å². The Hall–Kier alpha value is -4.70. The van der Waals surface area contributed by atoms with Crippen LogP contribution in [0.1, 0.15) is 44.7 Å². The van der Waals surface area contributed by atoms with E-state index < -0.39 is 11.2 Å². The summed E-state index contributed by atoms with van der Waals surface area (Å²) in [6, 6.07) is 10.6. The number of halogens is 1. The van der Waals surface area contributed by atoms with Crippen LogP contribution in [0.2, 0.25) is 0 Å². The third kappa shape index (κ3) is 5.23. The van der Waals surface area contributed by atoms with Gasteiger partial charge in [-0.3, -0.25) is 9.30 Å². The minimum absolute atomic E-state index is 0.307. The van der Waals surface area contributed by atoms with E-state index in [-0.39, 0.29) is 11.9 Å². The van der Waals surface area contributed by atoms with Crippen LogP contribution in [0, 0.1) is 11.7 Å². The molecule has 220 valence electrons. The first-order chi connectivity index (χ1) is 20.6. The SMILES string of the molecule is CC(C)(C)OC(=O)N1Cc2c(Nc3ccc(N4C=CC(O)(C5CC5)C=C4)cn3)ccc(-c3cnc4cc(F)ccn34)c2C1. The van der Waals surface area contributed by atoms with Crippen molar-refractivity contribution < 1.29 is 19.0 Å². The summed E-state index contributed by atoms with van der Waals surface area (Å²) < 4.78 is 21.4. The Morgan fingerprint density at radius 1 is 1.05 bits per heavy atom. The number of amides is 1. The van der Waals surface area contributed by atoms with Crippen molar-refractivity contribution >= 4 is 28.9 Å². The molecule has 3 aromatic heterocycles. The molecule has 0 atom stereocenters. The number of fused-ring (bicyclic) bond motifs is 2. The quantitative estimate of drug-likeness (QED) is 0.278. The third-order valence-corrected chi connectivity index (χ3v) is 8.08. The lowest BCUT2D eigenvalue weighted by atomic mass is 9.96. The van der Waals surface area contributed by atoms with Crippen LogP contribution >= 0.6 is 0 Å². The van der Waals surface area contributed by atoms with Crippen LogP contribution in [0.3, 0.4) is 0 Å². The topological polar surface area (TPSA) is 95.2 Å². The smallest absolute Gasteiger partial charge is 0.410 e. The van der Waals surface area contributed by atoms with E-state index >= 15 is 0 Å². The van der Waals surface area contributed by atoms with Gasteiger partial charge in [-0.2, -0.15) is 0 Å². The molecule has 2 aliphatic heterocycles. The van der Waals surface area contributed by atoms with Crippen LogP contribution in [0.25, 0.3) is 16.9 Å². The van der Waals surface area contributed by atoms with Crippen molar-refractivity contribution in [2.75, 3.05) is 10.2 Å². The molecule has 0 spiro atoms.